The molecule has 0 aliphatic rings. The van der Waals surface area contributed by atoms with Crippen LogP contribution in [-0.2, 0) is 0 Å². The third-order valence-corrected chi connectivity index (χ3v) is 1.09. The molecule has 1 radical (unpaired) electrons. The molecule has 0 N–H and O–H groups in total. The van der Waals surface area contributed by atoms with Crippen LogP contribution in [0.4, 0.5) is 4.39 Å². The van der Waals surface area contributed by atoms with E-state index in [-0.39, 0.29) is 12.4 Å². The molecule has 0 atom stereocenters. The normalized spacial score (nSPS) is 8.73. The van der Waals surface area contributed by atoms with Gasteiger partial charge >= 0.3 is 0 Å². The van der Waals surface area contributed by atoms with Crippen LogP contribution >= 0.6 is 0 Å². The van der Waals surface area contributed by atoms with E-state index in [2.05, 4.69) is 12.0 Å². The van der Waals surface area contributed by atoms with E-state index in [0.29, 0.717) is 0 Å². The zero-order valence-electron chi connectivity index (χ0n) is 5.80. The number of hydrogen-bond donors (Lipinski definition) is 0. The van der Waals surface area contributed by atoms with Gasteiger partial charge in [0, 0.05) is 0 Å². The van der Waals surface area contributed by atoms with Crippen LogP contribution in [0.25, 0.3) is 0 Å². The average Bonchev–Trinajstić information content (AvgIpc) is 2.03. The summed E-state index contributed by atoms with van der Waals surface area (Å²) < 4.78 is 17.5. The maximum atomic E-state index is 12.7. The molecule has 2 heteroatoms. The minimum atomic E-state index is -0.418. The third-order valence-electron chi connectivity index (χ3n) is 1.09. The van der Waals surface area contributed by atoms with Crippen LogP contribution in [0.1, 0.15) is 0 Å². The highest BCUT2D eigenvalue weighted by molar-refractivity contribution is 5.23. The van der Waals surface area contributed by atoms with Crippen LogP contribution in [0, 0.1) is 24.2 Å². The van der Waals surface area contributed by atoms with Gasteiger partial charge < -0.3 is 4.74 Å². The van der Waals surface area contributed by atoms with Crippen molar-refractivity contribution in [3.63, 3.8) is 0 Å². The Hall–Kier alpha value is -1.49. The van der Waals surface area contributed by atoms with Crippen LogP contribution < -0.4 is 4.74 Å². The van der Waals surface area contributed by atoms with Crippen molar-refractivity contribution in [1.29, 1.82) is 0 Å². The first-order chi connectivity index (χ1) is 5.34. The molecule has 0 fully saturated rings. The number of benzene rings is 1. The molecule has 0 amide bonds. The van der Waals surface area contributed by atoms with Gasteiger partial charge in [-0.25, -0.2) is 4.39 Å². The van der Waals surface area contributed by atoms with Crippen molar-refractivity contribution in [3.05, 3.63) is 30.1 Å². The number of rotatable bonds is 2. The lowest BCUT2D eigenvalue weighted by Gasteiger charge is -2.00. The third kappa shape index (κ3) is 1.98. The van der Waals surface area contributed by atoms with Gasteiger partial charge in [0.25, 0.3) is 0 Å². The highest BCUT2D eigenvalue weighted by atomic mass is 19.1. The molecule has 0 aliphatic heterocycles. The van der Waals surface area contributed by atoms with Crippen LogP contribution in [0.3, 0.4) is 0 Å². The lowest BCUT2D eigenvalue weighted by Crippen LogP contribution is -1.95. The van der Waals surface area contributed by atoms with E-state index in [1.165, 1.54) is 18.2 Å². The minimum absolute atomic E-state index is 0.0781. The molecule has 0 saturated heterocycles. The first kappa shape index (κ1) is 7.62. The summed E-state index contributed by atoms with van der Waals surface area (Å²) in [6.45, 7) is 0.0781. The SMILES string of the molecule is C#CCOc1c[c]ccc1F. The molecule has 0 spiro atoms. The number of hydrogen-bond acceptors (Lipinski definition) is 1. The van der Waals surface area contributed by atoms with Gasteiger partial charge in [0.1, 0.15) is 6.61 Å². The van der Waals surface area contributed by atoms with Gasteiger partial charge in [-0.1, -0.05) is 12.0 Å². The fourth-order valence-corrected chi connectivity index (χ4v) is 0.626. The molecule has 1 aromatic rings. The van der Waals surface area contributed by atoms with E-state index < -0.39 is 5.82 Å². The Kier molecular flexibility index (Phi) is 2.51. The highest BCUT2D eigenvalue weighted by Crippen LogP contribution is 2.14. The van der Waals surface area contributed by atoms with Gasteiger partial charge in [-0.05, 0) is 18.2 Å². The maximum absolute atomic E-state index is 12.7. The van der Waals surface area contributed by atoms with Crippen molar-refractivity contribution < 1.29 is 9.13 Å². The topological polar surface area (TPSA) is 9.23 Å². The Balaban J connectivity index is 2.71. The molecule has 1 nitrogen and oxygen atoms in total. The van der Waals surface area contributed by atoms with E-state index in [1.807, 2.05) is 0 Å². The summed E-state index contributed by atoms with van der Waals surface area (Å²) in [5.41, 5.74) is 0. The van der Waals surface area contributed by atoms with Crippen molar-refractivity contribution in [2.24, 2.45) is 0 Å². The van der Waals surface area contributed by atoms with E-state index in [9.17, 15) is 4.39 Å². The average molecular weight is 149 g/mol. The first-order valence-electron chi connectivity index (χ1n) is 3.06. The largest absolute Gasteiger partial charge is 0.478 e. The second-order valence-electron chi connectivity index (χ2n) is 1.85. The molecular formula is C9H6FO. The predicted molar refractivity (Wildman–Crippen MR) is 39.6 cm³/mol. The van der Waals surface area contributed by atoms with E-state index in [4.69, 9.17) is 11.2 Å². The fourth-order valence-electron chi connectivity index (χ4n) is 0.626. The monoisotopic (exact) mass is 149 g/mol. The Bertz CT molecular complexity index is 275. The van der Waals surface area contributed by atoms with Crippen LogP contribution in [-0.4, -0.2) is 6.61 Å². The Morgan fingerprint density at radius 1 is 1.73 bits per heavy atom. The Morgan fingerprint density at radius 3 is 3.18 bits per heavy atom. The predicted octanol–water partition coefficient (Wildman–Crippen LogP) is 1.64. The molecule has 1 aromatic carbocycles. The summed E-state index contributed by atoms with van der Waals surface area (Å²) in [7, 11) is 0. The lowest BCUT2D eigenvalue weighted by atomic mass is 10.3. The lowest BCUT2D eigenvalue weighted by molar-refractivity contribution is 0.348. The summed E-state index contributed by atoms with van der Waals surface area (Å²) in [6, 6.07) is 6.83. The van der Waals surface area contributed by atoms with Gasteiger partial charge in [0.2, 0.25) is 0 Å². The summed E-state index contributed by atoms with van der Waals surface area (Å²) >= 11 is 0. The summed E-state index contributed by atoms with van der Waals surface area (Å²) in [4.78, 5) is 0. The molecule has 11 heavy (non-hydrogen) atoms. The summed E-state index contributed by atoms with van der Waals surface area (Å²) in [5, 5.41) is 0. The molecule has 1 rings (SSSR count). The smallest absolute Gasteiger partial charge is 0.165 e. The van der Waals surface area contributed by atoms with Gasteiger partial charge in [-0.3, -0.25) is 0 Å². The molecule has 0 saturated carbocycles. The van der Waals surface area contributed by atoms with E-state index >= 15 is 0 Å². The Morgan fingerprint density at radius 2 is 2.55 bits per heavy atom. The molecule has 55 valence electrons. The van der Waals surface area contributed by atoms with Crippen LogP contribution in [0.5, 0.6) is 5.75 Å². The second-order valence-corrected chi connectivity index (χ2v) is 1.85. The summed E-state index contributed by atoms with van der Waals surface area (Å²) in [6.07, 6.45) is 4.92. The number of halogens is 1. The molecule has 0 aromatic heterocycles. The molecule has 0 unspecified atom stereocenters. The highest BCUT2D eigenvalue weighted by Gasteiger charge is 1.98. The summed E-state index contributed by atoms with van der Waals surface area (Å²) in [5.74, 6) is 1.97. The van der Waals surface area contributed by atoms with Crippen molar-refractivity contribution in [1.82, 2.24) is 0 Å². The zero-order valence-corrected chi connectivity index (χ0v) is 5.80. The van der Waals surface area contributed by atoms with Gasteiger partial charge in [-0.15, -0.1) is 6.42 Å². The minimum Gasteiger partial charge on any atom is -0.478 e. The quantitative estimate of drug-likeness (QED) is 0.581. The van der Waals surface area contributed by atoms with E-state index in [0.717, 1.165) is 0 Å². The number of terminal acetylenes is 1. The van der Waals surface area contributed by atoms with Crippen LogP contribution in [0.15, 0.2) is 18.2 Å². The van der Waals surface area contributed by atoms with Crippen molar-refractivity contribution in [2.45, 2.75) is 0 Å². The first-order valence-corrected chi connectivity index (χ1v) is 3.06. The van der Waals surface area contributed by atoms with E-state index in [1.54, 1.807) is 0 Å². The number of ether oxygens (including phenoxy) is 1. The van der Waals surface area contributed by atoms with Crippen molar-refractivity contribution in [2.75, 3.05) is 6.61 Å². The molecule has 0 bridgehead atoms. The van der Waals surface area contributed by atoms with Gasteiger partial charge in [0.15, 0.2) is 11.6 Å². The second kappa shape index (κ2) is 3.62. The molecular weight excluding hydrogens is 143 g/mol. The zero-order chi connectivity index (χ0) is 8.10. The van der Waals surface area contributed by atoms with Gasteiger partial charge in [0.05, 0.1) is 0 Å². The standard InChI is InChI=1S/C9H6FO/c1-2-7-11-9-6-4-3-5-8(9)10/h1,3,5-6H,7H2. The molecule has 0 aliphatic carbocycles. The Labute approximate surface area is 64.8 Å². The van der Waals surface area contributed by atoms with Gasteiger partial charge in [-0.2, -0.15) is 0 Å². The fraction of sp³-hybridized carbons (Fsp3) is 0.111. The van der Waals surface area contributed by atoms with Crippen molar-refractivity contribution >= 4 is 0 Å². The van der Waals surface area contributed by atoms with Crippen molar-refractivity contribution in [3.8, 4) is 18.1 Å². The maximum Gasteiger partial charge on any atom is 0.165 e. The molecule has 0 heterocycles. The van der Waals surface area contributed by atoms with Crippen LogP contribution in [0.2, 0.25) is 0 Å².